The summed E-state index contributed by atoms with van der Waals surface area (Å²) in [6.45, 7) is 1.18. The number of hydrogen-bond donors (Lipinski definition) is 2. The number of hydrogen-bond acceptors (Lipinski definition) is 3. The molecule has 1 heterocycles. The maximum atomic E-state index is 13.4. The number of aliphatic hydroxyl groups is 1. The Morgan fingerprint density at radius 1 is 1.30 bits per heavy atom. The van der Waals surface area contributed by atoms with E-state index in [1.54, 1.807) is 6.07 Å². The third-order valence-corrected chi connectivity index (χ3v) is 2.83. The van der Waals surface area contributed by atoms with Crippen molar-refractivity contribution in [2.75, 3.05) is 6.54 Å². The minimum atomic E-state index is -1.47. The van der Waals surface area contributed by atoms with Crippen LogP contribution in [0, 0.1) is 11.6 Å². The predicted molar refractivity (Wildman–Crippen MR) is 67.0 cm³/mol. The largest absolute Gasteiger partial charge is 0.466 e. The lowest BCUT2D eigenvalue weighted by atomic mass is 10.0. The van der Waals surface area contributed by atoms with Gasteiger partial charge >= 0.3 is 0 Å². The molecule has 0 bridgehead atoms. The quantitative estimate of drug-likeness (QED) is 0.903. The van der Waals surface area contributed by atoms with E-state index in [0.717, 1.165) is 12.1 Å². The Balaban J connectivity index is 2.10. The molecule has 4 nitrogen and oxygen atoms in total. The summed E-state index contributed by atoms with van der Waals surface area (Å²) in [6.07, 6.45) is 1.38. The van der Waals surface area contributed by atoms with Gasteiger partial charge in [-0.05, 0) is 31.2 Å². The van der Waals surface area contributed by atoms with E-state index in [2.05, 4.69) is 5.32 Å². The average molecular weight is 281 g/mol. The molecule has 0 radical (unpaired) electrons. The monoisotopic (exact) mass is 281 g/mol. The third-order valence-electron chi connectivity index (χ3n) is 2.83. The summed E-state index contributed by atoms with van der Waals surface area (Å²) < 4.78 is 31.9. The van der Waals surface area contributed by atoms with Crippen LogP contribution in [0.4, 0.5) is 8.78 Å². The van der Waals surface area contributed by atoms with Crippen LogP contribution in [0.5, 0.6) is 0 Å². The van der Waals surface area contributed by atoms with Crippen molar-refractivity contribution < 1.29 is 23.1 Å². The molecule has 20 heavy (non-hydrogen) atoms. The molecule has 0 saturated carbocycles. The first-order chi connectivity index (χ1) is 9.42. The van der Waals surface area contributed by atoms with Crippen LogP contribution in [0.15, 0.2) is 41.0 Å². The first-order valence-corrected chi connectivity index (χ1v) is 5.90. The Morgan fingerprint density at radius 3 is 2.50 bits per heavy atom. The fourth-order valence-electron chi connectivity index (χ4n) is 1.73. The van der Waals surface area contributed by atoms with Crippen LogP contribution in [0.25, 0.3) is 0 Å². The van der Waals surface area contributed by atoms with Crippen molar-refractivity contribution >= 4 is 5.91 Å². The Bertz CT molecular complexity index is 589. The van der Waals surface area contributed by atoms with E-state index in [1.807, 2.05) is 0 Å². The van der Waals surface area contributed by atoms with Crippen molar-refractivity contribution in [3.8, 4) is 0 Å². The van der Waals surface area contributed by atoms with Crippen molar-refractivity contribution in [1.29, 1.82) is 0 Å². The summed E-state index contributed by atoms with van der Waals surface area (Å²) in [5, 5.41) is 12.4. The first kappa shape index (κ1) is 14.2. The van der Waals surface area contributed by atoms with Gasteiger partial charge in [-0.3, -0.25) is 4.79 Å². The molecule has 106 valence electrons. The molecule has 1 atom stereocenters. The number of furan rings is 1. The number of benzene rings is 1. The van der Waals surface area contributed by atoms with E-state index < -0.39 is 28.7 Å². The molecule has 1 aromatic carbocycles. The predicted octanol–water partition coefficient (Wildman–Crippen LogP) is 2.20. The standard InChI is InChI=1S/C14H13F2NO3/c1-14(19,11-6-3-7-20-11)8-17-13(18)12-9(15)4-2-5-10(12)16/h2-7,19H,8H2,1H3,(H,17,18). The van der Waals surface area contributed by atoms with Gasteiger partial charge < -0.3 is 14.8 Å². The SMILES string of the molecule is CC(O)(CNC(=O)c1c(F)cccc1F)c1ccco1. The lowest BCUT2D eigenvalue weighted by Gasteiger charge is -2.21. The molecular formula is C14H13F2NO3. The minimum Gasteiger partial charge on any atom is -0.466 e. The van der Waals surface area contributed by atoms with Crippen LogP contribution in [0.1, 0.15) is 23.0 Å². The molecular weight excluding hydrogens is 268 g/mol. The highest BCUT2D eigenvalue weighted by Crippen LogP contribution is 2.20. The highest BCUT2D eigenvalue weighted by Gasteiger charge is 2.28. The van der Waals surface area contributed by atoms with Gasteiger partial charge in [0, 0.05) is 0 Å². The molecule has 0 fully saturated rings. The highest BCUT2D eigenvalue weighted by atomic mass is 19.1. The van der Waals surface area contributed by atoms with Gasteiger partial charge in [0.05, 0.1) is 12.8 Å². The second-order valence-corrected chi connectivity index (χ2v) is 4.53. The minimum absolute atomic E-state index is 0.242. The Hall–Kier alpha value is -2.21. The number of amides is 1. The Morgan fingerprint density at radius 2 is 1.95 bits per heavy atom. The molecule has 2 aromatic rings. The molecule has 2 rings (SSSR count). The number of carbonyl (C=O) groups excluding carboxylic acids is 1. The topological polar surface area (TPSA) is 62.5 Å². The maximum absolute atomic E-state index is 13.4. The van der Waals surface area contributed by atoms with Crippen LogP contribution in [0.3, 0.4) is 0 Å². The van der Waals surface area contributed by atoms with E-state index in [0.29, 0.717) is 0 Å². The summed E-state index contributed by atoms with van der Waals surface area (Å²) in [5.41, 5.74) is -2.15. The van der Waals surface area contributed by atoms with Gasteiger partial charge in [-0.1, -0.05) is 6.07 Å². The van der Waals surface area contributed by atoms with Crippen molar-refractivity contribution in [1.82, 2.24) is 5.32 Å². The van der Waals surface area contributed by atoms with Crippen LogP contribution < -0.4 is 5.32 Å². The molecule has 0 aliphatic carbocycles. The summed E-state index contributed by atoms with van der Waals surface area (Å²) in [4.78, 5) is 11.8. The van der Waals surface area contributed by atoms with E-state index in [9.17, 15) is 18.7 Å². The summed E-state index contributed by atoms with van der Waals surface area (Å²) >= 11 is 0. The van der Waals surface area contributed by atoms with Crippen LogP contribution >= 0.6 is 0 Å². The number of nitrogens with one attached hydrogen (secondary N) is 1. The molecule has 6 heteroatoms. The number of halogens is 2. The van der Waals surface area contributed by atoms with E-state index in [1.165, 1.54) is 25.3 Å². The fraction of sp³-hybridized carbons (Fsp3) is 0.214. The second-order valence-electron chi connectivity index (χ2n) is 4.53. The van der Waals surface area contributed by atoms with Crippen molar-refractivity contribution in [2.45, 2.75) is 12.5 Å². The van der Waals surface area contributed by atoms with E-state index in [-0.39, 0.29) is 12.3 Å². The second kappa shape index (κ2) is 5.42. The van der Waals surface area contributed by atoms with Crippen molar-refractivity contribution in [2.24, 2.45) is 0 Å². The lowest BCUT2D eigenvalue weighted by Crippen LogP contribution is -2.39. The maximum Gasteiger partial charge on any atom is 0.257 e. The van der Waals surface area contributed by atoms with E-state index >= 15 is 0 Å². The molecule has 0 aliphatic rings. The van der Waals surface area contributed by atoms with Crippen LogP contribution in [0.2, 0.25) is 0 Å². The van der Waals surface area contributed by atoms with Gasteiger partial charge in [0.2, 0.25) is 0 Å². The lowest BCUT2D eigenvalue weighted by molar-refractivity contribution is 0.0329. The van der Waals surface area contributed by atoms with Gasteiger partial charge in [0.25, 0.3) is 5.91 Å². The molecule has 1 amide bonds. The normalized spacial score (nSPS) is 13.8. The van der Waals surface area contributed by atoms with Gasteiger partial charge in [-0.15, -0.1) is 0 Å². The average Bonchev–Trinajstić information content (AvgIpc) is 2.91. The zero-order valence-corrected chi connectivity index (χ0v) is 10.7. The molecule has 0 aliphatic heterocycles. The van der Waals surface area contributed by atoms with Crippen molar-refractivity contribution in [3.05, 3.63) is 59.6 Å². The Labute approximate surface area is 114 Å². The third kappa shape index (κ3) is 2.85. The van der Waals surface area contributed by atoms with Crippen molar-refractivity contribution in [3.63, 3.8) is 0 Å². The van der Waals surface area contributed by atoms with Gasteiger partial charge in [-0.25, -0.2) is 8.78 Å². The molecule has 1 aromatic heterocycles. The number of rotatable bonds is 4. The van der Waals surface area contributed by atoms with Gasteiger partial charge in [0.15, 0.2) is 0 Å². The molecule has 2 N–H and O–H groups in total. The van der Waals surface area contributed by atoms with Gasteiger partial charge in [-0.2, -0.15) is 0 Å². The molecule has 1 unspecified atom stereocenters. The zero-order valence-electron chi connectivity index (χ0n) is 10.7. The van der Waals surface area contributed by atoms with Gasteiger partial charge in [0.1, 0.15) is 28.6 Å². The molecule has 0 saturated heterocycles. The smallest absolute Gasteiger partial charge is 0.257 e. The highest BCUT2D eigenvalue weighted by molar-refractivity contribution is 5.94. The number of carbonyl (C=O) groups is 1. The Kier molecular flexibility index (Phi) is 3.85. The summed E-state index contributed by atoms with van der Waals surface area (Å²) in [6, 6.07) is 6.27. The molecule has 0 spiro atoms. The first-order valence-electron chi connectivity index (χ1n) is 5.90. The van der Waals surface area contributed by atoms with Crippen LogP contribution in [-0.2, 0) is 5.60 Å². The van der Waals surface area contributed by atoms with E-state index in [4.69, 9.17) is 4.42 Å². The zero-order chi connectivity index (χ0) is 14.8. The summed E-state index contributed by atoms with van der Waals surface area (Å²) in [5.74, 6) is -2.61. The fourth-order valence-corrected chi connectivity index (χ4v) is 1.73. The summed E-state index contributed by atoms with van der Waals surface area (Å²) in [7, 11) is 0. The van der Waals surface area contributed by atoms with Crippen LogP contribution in [-0.4, -0.2) is 17.6 Å².